The summed E-state index contributed by atoms with van der Waals surface area (Å²) in [5.41, 5.74) is 1.98. The molecule has 0 spiro atoms. The molecule has 7 heteroatoms. The van der Waals surface area contributed by atoms with Gasteiger partial charge in [0.2, 0.25) is 11.8 Å². The molecule has 0 radical (unpaired) electrons. The molecule has 2 aromatic carbocycles. The number of rotatable bonds is 7. The van der Waals surface area contributed by atoms with E-state index >= 15 is 0 Å². The number of carbonyl (C=O) groups excluding carboxylic acids is 3. The van der Waals surface area contributed by atoms with Gasteiger partial charge in [0.15, 0.2) is 0 Å². The van der Waals surface area contributed by atoms with Crippen LogP contribution in [0.2, 0.25) is 0 Å². The highest BCUT2D eigenvalue weighted by molar-refractivity contribution is 5.95. The van der Waals surface area contributed by atoms with Crippen molar-refractivity contribution in [2.24, 2.45) is 5.92 Å². The Morgan fingerprint density at radius 2 is 1.75 bits per heavy atom. The minimum atomic E-state index is -0.260. The molecule has 1 saturated heterocycles. The predicted octanol–water partition coefficient (Wildman–Crippen LogP) is 2.80. The normalized spacial score (nSPS) is 14.4. The minimum absolute atomic E-state index is 0.0415. The Bertz CT molecular complexity index is 980. The molecule has 1 fully saturated rings. The fraction of sp³-hybridized carbons (Fsp3) is 0.320. The van der Waals surface area contributed by atoms with Crippen molar-refractivity contribution < 1.29 is 18.8 Å². The van der Waals surface area contributed by atoms with Gasteiger partial charge >= 0.3 is 0 Å². The zero-order chi connectivity index (χ0) is 22.9. The second-order valence-corrected chi connectivity index (χ2v) is 7.77. The summed E-state index contributed by atoms with van der Waals surface area (Å²) in [6.07, 6.45) is 4.89. The maximum Gasteiger partial charge on any atom is 0.251 e. The molecule has 2 N–H and O–H groups in total. The molecule has 0 unspecified atom stereocenters. The quantitative estimate of drug-likeness (QED) is 0.654. The third-order valence-electron chi connectivity index (χ3n) is 5.65. The van der Waals surface area contributed by atoms with E-state index in [1.54, 1.807) is 60.5 Å². The maximum absolute atomic E-state index is 13.7. The smallest absolute Gasteiger partial charge is 0.251 e. The van der Waals surface area contributed by atoms with Gasteiger partial charge in [0.1, 0.15) is 5.82 Å². The van der Waals surface area contributed by atoms with Crippen LogP contribution in [0.4, 0.5) is 4.39 Å². The molecule has 0 aromatic heterocycles. The van der Waals surface area contributed by atoms with Crippen molar-refractivity contribution in [3.05, 3.63) is 77.1 Å². The van der Waals surface area contributed by atoms with Crippen LogP contribution in [0.5, 0.6) is 0 Å². The molecule has 3 amide bonds. The van der Waals surface area contributed by atoms with Gasteiger partial charge in [-0.2, -0.15) is 0 Å². The lowest BCUT2D eigenvalue weighted by Gasteiger charge is -2.30. The van der Waals surface area contributed by atoms with Gasteiger partial charge in [0, 0.05) is 44.2 Å². The van der Waals surface area contributed by atoms with Crippen LogP contribution in [0.15, 0.2) is 54.6 Å². The number of hydrogen-bond acceptors (Lipinski definition) is 3. The molecule has 6 nitrogen and oxygen atoms in total. The first-order chi connectivity index (χ1) is 15.5. The van der Waals surface area contributed by atoms with E-state index in [2.05, 4.69) is 10.6 Å². The number of halogens is 1. The molecule has 1 aliphatic heterocycles. The van der Waals surface area contributed by atoms with Crippen LogP contribution in [0.25, 0.3) is 6.08 Å². The van der Waals surface area contributed by atoms with E-state index in [0.29, 0.717) is 50.0 Å². The van der Waals surface area contributed by atoms with Crippen molar-refractivity contribution in [2.75, 3.05) is 26.7 Å². The van der Waals surface area contributed by atoms with E-state index < -0.39 is 0 Å². The maximum atomic E-state index is 13.7. The summed E-state index contributed by atoms with van der Waals surface area (Å²) in [7, 11) is 1.58. The molecule has 1 heterocycles. The van der Waals surface area contributed by atoms with Crippen molar-refractivity contribution in [1.82, 2.24) is 15.5 Å². The molecule has 0 aliphatic carbocycles. The Hall–Kier alpha value is -3.48. The van der Waals surface area contributed by atoms with E-state index in [9.17, 15) is 18.8 Å². The van der Waals surface area contributed by atoms with Crippen LogP contribution < -0.4 is 10.6 Å². The Morgan fingerprint density at radius 1 is 1.06 bits per heavy atom. The molecule has 168 valence electrons. The summed E-state index contributed by atoms with van der Waals surface area (Å²) in [5, 5.41) is 5.45. The average Bonchev–Trinajstić information content (AvgIpc) is 2.83. The van der Waals surface area contributed by atoms with Gasteiger partial charge in [0.25, 0.3) is 5.91 Å². The Morgan fingerprint density at radius 3 is 2.41 bits per heavy atom. The van der Waals surface area contributed by atoms with E-state index in [-0.39, 0.29) is 29.5 Å². The zero-order valence-electron chi connectivity index (χ0n) is 18.1. The first-order valence-corrected chi connectivity index (χ1v) is 10.8. The molecule has 0 atom stereocenters. The second-order valence-electron chi connectivity index (χ2n) is 7.77. The predicted molar refractivity (Wildman–Crippen MR) is 121 cm³/mol. The minimum Gasteiger partial charge on any atom is -0.356 e. The number of piperidine rings is 1. The lowest BCUT2D eigenvalue weighted by atomic mass is 9.95. The average molecular weight is 438 g/mol. The number of hydrogen-bond donors (Lipinski definition) is 2. The van der Waals surface area contributed by atoms with Gasteiger partial charge in [-0.3, -0.25) is 14.4 Å². The summed E-state index contributed by atoms with van der Waals surface area (Å²) in [4.78, 5) is 38.2. The van der Waals surface area contributed by atoms with Gasteiger partial charge in [-0.05, 0) is 54.7 Å². The molecule has 3 rings (SSSR count). The molecule has 0 saturated carbocycles. The van der Waals surface area contributed by atoms with E-state index in [1.807, 2.05) is 0 Å². The summed E-state index contributed by atoms with van der Waals surface area (Å²) in [5.74, 6) is -0.695. The Labute approximate surface area is 187 Å². The molecular formula is C25H28FN3O3. The van der Waals surface area contributed by atoms with Crippen molar-refractivity contribution in [3.63, 3.8) is 0 Å². The zero-order valence-corrected chi connectivity index (χ0v) is 18.1. The van der Waals surface area contributed by atoms with Crippen molar-refractivity contribution >= 4 is 23.8 Å². The fourth-order valence-electron chi connectivity index (χ4n) is 3.69. The first-order valence-electron chi connectivity index (χ1n) is 10.8. The number of benzene rings is 2. The van der Waals surface area contributed by atoms with E-state index in [0.717, 1.165) is 5.56 Å². The van der Waals surface area contributed by atoms with Gasteiger partial charge < -0.3 is 15.5 Å². The molecule has 2 aromatic rings. The van der Waals surface area contributed by atoms with Gasteiger partial charge in [0.05, 0.1) is 0 Å². The van der Waals surface area contributed by atoms with E-state index in [4.69, 9.17) is 0 Å². The number of nitrogens with zero attached hydrogens (tertiary/aromatic N) is 1. The van der Waals surface area contributed by atoms with Crippen LogP contribution in [-0.4, -0.2) is 49.3 Å². The third kappa shape index (κ3) is 6.26. The van der Waals surface area contributed by atoms with Gasteiger partial charge in [-0.15, -0.1) is 0 Å². The highest BCUT2D eigenvalue weighted by Crippen LogP contribution is 2.18. The van der Waals surface area contributed by atoms with Gasteiger partial charge in [-0.1, -0.05) is 30.3 Å². The van der Waals surface area contributed by atoms with Crippen LogP contribution >= 0.6 is 0 Å². The number of likely N-dealkylation sites (tertiary alicyclic amines) is 1. The lowest BCUT2D eigenvalue weighted by molar-refractivity contribution is -0.132. The summed E-state index contributed by atoms with van der Waals surface area (Å²) in [6, 6.07) is 13.5. The summed E-state index contributed by atoms with van der Waals surface area (Å²) >= 11 is 0. The van der Waals surface area contributed by atoms with Crippen LogP contribution in [0.1, 0.15) is 34.3 Å². The van der Waals surface area contributed by atoms with Crippen molar-refractivity contribution in [3.8, 4) is 0 Å². The Kier molecular flexibility index (Phi) is 8.14. The van der Waals surface area contributed by atoms with Gasteiger partial charge in [-0.25, -0.2) is 4.39 Å². The van der Waals surface area contributed by atoms with Crippen LogP contribution in [0.3, 0.4) is 0 Å². The highest BCUT2D eigenvalue weighted by atomic mass is 19.1. The topological polar surface area (TPSA) is 78.5 Å². The Balaban J connectivity index is 1.42. The van der Waals surface area contributed by atoms with Crippen molar-refractivity contribution in [2.45, 2.75) is 19.3 Å². The number of amides is 3. The highest BCUT2D eigenvalue weighted by Gasteiger charge is 2.26. The van der Waals surface area contributed by atoms with Crippen LogP contribution in [0, 0.1) is 11.7 Å². The molecule has 32 heavy (non-hydrogen) atoms. The fourth-order valence-corrected chi connectivity index (χ4v) is 3.69. The second kappa shape index (κ2) is 11.2. The molecular weight excluding hydrogens is 409 g/mol. The SMILES string of the molecule is CNC(=O)c1ccc(C=CC(=O)N2CCC(C(=O)NCCc3ccccc3F)CC2)cc1. The van der Waals surface area contributed by atoms with Crippen LogP contribution in [-0.2, 0) is 16.0 Å². The lowest BCUT2D eigenvalue weighted by Crippen LogP contribution is -2.42. The standard InChI is InChI=1S/C25H28FN3O3/c1-27-24(31)20-9-6-18(7-10-20)8-11-23(30)29-16-13-21(14-17-29)25(32)28-15-12-19-4-2-3-5-22(19)26/h2-11,21H,12-17H2,1H3,(H,27,31)(H,28,32). The molecule has 1 aliphatic rings. The monoisotopic (exact) mass is 437 g/mol. The molecule has 0 bridgehead atoms. The van der Waals surface area contributed by atoms with Crippen molar-refractivity contribution in [1.29, 1.82) is 0 Å². The largest absolute Gasteiger partial charge is 0.356 e. The summed E-state index contributed by atoms with van der Waals surface area (Å²) in [6.45, 7) is 1.43. The summed E-state index contributed by atoms with van der Waals surface area (Å²) < 4.78 is 13.7. The number of carbonyl (C=O) groups is 3. The van der Waals surface area contributed by atoms with E-state index in [1.165, 1.54) is 12.1 Å². The number of nitrogens with one attached hydrogen (secondary N) is 2. The third-order valence-corrected chi connectivity index (χ3v) is 5.65. The first kappa shape index (κ1) is 23.2.